The summed E-state index contributed by atoms with van der Waals surface area (Å²) < 4.78 is 47.2. The number of sulfone groups is 1. The molecule has 6 nitrogen and oxygen atoms in total. The summed E-state index contributed by atoms with van der Waals surface area (Å²) in [6, 6.07) is 14.2. The first-order valence-electron chi connectivity index (χ1n) is 6.44. The Hall–Kier alpha value is -1.90. The molecule has 118 valence electrons. The molecule has 0 fully saturated rings. The van der Waals surface area contributed by atoms with Crippen LogP contribution in [0.25, 0.3) is 0 Å². The lowest BCUT2D eigenvalue weighted by Crippen LogP contribution is -2.19. The van der Waals surface area contributed by atoms with Gasteiger partial charge in [-0.3, -0.25) is 0 Å². The minimum Gasteiger partial charge on any atom is -0.383 e. The van der Waals surface area contributed by atoms with Crippen LogP contribution in [0, 0.1) is 0 Å². The van der Waals surface area contributed by atoms with Crippen molar-refractivity contribution in [2.45, 2.75) is 9.79 Å². The molecule has 0 aliphatic carbocycles. The van der Waals surface area contributed by atoms with Crippen LogP contribution in [0.3, 0.4) is 0 Å². The lowest BCUT2D eigenvalue weighted by atomic mass is 10.3. The monoisotopic (exact) mass is 340 g/mol. The van der Waals surface area contributed by atoms with Crippen LogP contribution in [0.4, 0.5) is 5.69 Å². The summed E-state index contributed by atoms with van der Waals surface area (Å²) in [5.74, 6) is -0.157. The van der Waals surface area contributed by atoms with E-state index in [1.54, 1.807) is 30.3 Å². The van der Waals surface area contributed by atoms with Gasteiger partial charge in [-0.15, -0.1) is 0 Å². The number of primary sulfonamides is 1. The SMILES string of the molecule is NS(=O)(=O)c1ccccc1NCCS(=O)(=O)c1ccccc1. The van der Waals surface area contributed by atoms with Crippen LogP contribution in [0.2, 0.25) is 0 Å². The summed E-state index contributed by atoms with van der Waals surface area (Å²) in [5.41, 5.74) is 0.285. The third-order valence-electron chi connectivity index (χ3n) is 2.98. The Balaban J connectivity index is 2.10. The molecule has 8 heteroatoms. The van der Waals surface area contributed by atoms with E-state index in [-0.39, 0.29) is 27.8 Å². The molecule has 0 aliphatic rings. The van der Waals surface area contributed by atoms with E-state index < -0.39 is 19.9 Å². The number of sulfonamides is 1. The highest BCUT2D eigenvalue weighted by Gasteiger charge is 2.16. The number of anilines is 1. The average Bonchev–Trinajstić information content (AvgIpc) is 2.47. The van der Waals surface area contributed by atoms with E-state index in [0.717, 1.165) is 0 Å². The van der Waals surface area contributed by atoms with E-state index in [0.29, 0.717) is 0 Å². The van der Waals surface area contributed by atoms with E-state index >= 15 is 0 Å². The quantitative estimate of drug-likeness (QED) is 0.822. The van der Waals surface area contributed by atoms with Crippen LogP contribution < -0.4 is 10.5 Å². The van der Waals surface area contributed by atoms with Gasteiger partial charge < -0.3 is 5.32 Å². The summed E-state index contributed by atoms with van der Waals surface area (Å²) >= 11 is 0. The fourth-order valence-electron chi connectivity index (χ4n) is 1.93. The van der Waals surface area contributed by atoms with E-state index in [9.17, 15) is 16.8 Å². The summed E-state index contributed by atoms with van der Waals surface area (Å²) in [5, 5.41) is 7.93. The molecule has 0 amide bonds. The Labute approximate surface area is 129 Å². The van der Waals surface area contributed by atoms with Gasteiger partial charge in [0.25, 0.3) is 0 Å². The second-order valence-electron chi connectivity index (χ2n) is 4.60. The molecule has 0 bridgehead atoms. The van der Waals surface area contributed by atoms with Gasteiger partial charge in [-0.2, -0.15) is 0 Å². The van der Waals surface area contributed by atoms with Gasteiger partial charge in [-0.1, -0.05) is 30.3 Å². The highest BCUT2D eigenvalue weighted by Crippen LogP contribution is 2.19. The minimum atomic E-state index is -3.86. The van der Waals surface area contributed by atoms with Gasteiger partial charge in [0.15, 0.2) is 9.84 Å². The molecule has 0 atom stereocenters. The Morgan fingerprint density at radius 2 is 1.45 bits per heavy atom. The number of benzene rings is 2. The molecule has 2 aromatic carbocycles. The Morgan fingerprint density at radius 3 is 2.09 bits per heavy atom. The number of hydrogen-bond donors (Lipinski definition) is 2. The first-order valence-corrected chi connectivity index (χ1v) is 9.64. The van der Waals surface area contributed by atoms with Gasteiger partial charge in [0.1, 0.15) is 4.90 Å². The smallest absolute Gasteiger partial charge is 0.240 e. The molecule has 0 saturated heterocycles. The third kappa shape index (κ3) is 4.06. The van der Waals surface area contributed by atoms with Crippen molar-refractivity contribution < 1.29 is 16.8 Å². The van der Waals surface area contributed by atoms with Crippen LogP contribution in [0.5, 0.6) is 0 Å². The number of rotatable bonds is 6. The fourth-order valence-corrected chi connectivity index (χ4v) is 3.82. The lowest BCUT2D eigenvalue weighted by molar-refractivity contribution is 0.596. The van der Waals surface area contributed by atoms with Crippen LogP contribution in [0.1, 0.15) is 0 Å². The molecule has 0 radical (unpaired) electrons. The first kappa shape index (κ1) is 16.5. The second kappa shape index (κ2) is 6.47. The highest BCUT2D eigenvalue weighted by molar-refractivity contribution is 7.91. The van der Waals surface area contributed by atoms with E-state index in [2.05, 4.69) is 5.32 Å². The molecule has 0 aromatic heterocycles. The van der Waals surface area contributed by atoms with Crippen molar-refractivity contribution in [2.75, 3.05) is 17.6 Å². The zero-order chi connectivity index (χ0) is 16.2. The third-order valence-corrected chi connectivity index (χ3v) is 5.68. The van der Waals surface area contributed by atoms with Gasteiger partial charge in [0.05, 0.1) is 16.3 Å². The maximum absolute atomic E-state index is 12.1. The maximum Gasteiger partial charge on any atom is 0.240 e. The van der Waals surface area contributed by atoms with Crippen LogP contribution in [0.15, 0.2) is 64.4 Å². The topological polar surface area (TPSA) is 106 Å². The van der Waals surface area contributed by atoms with Gasteiger partial charge in [-0.25, -0.2) is 22.0 Å². The zero-order valence-corrected chi connectivity index (χ0v) is 13.3. The Morgan fingerprint density at radius 1 is 0.864 bits per heavy atom. The maximum atomic E-state index is 12.1. The molecular weight excluding hydrogens is 324 g/mol. The van der Waals surface area contributed by atoms with Crippen LogP contribution in [-0.2, 0) is 19.9 Å². The largest absolute Gasteiger partial charge is 0.383 e. The molecular formula is C14H16N2O4S2. The summed E-state index contributed by atoms with van der Waals surface area (Å²) in [6.07, 6.45) is 0. The van der Waals surface area contributed by atoms with Crippen LogP contribution >= 0.6 is 0 Å². The van der Waals surface area contributed by atoms with Crippen molar-refractivity contribution in [3.05, 3.63) is 54.6 Å². The number of para-hydroxylation sites is 1. The number of hydrogen-bond acceptors (Lipinski definition) is 5. The first-order chi connectivity index (χ1) is 10.3. The van der Waals surface area contributed by atoms with Gasteiger partial charge in [0, 0.05) is 6.54 Å². The zero-order valence-electron chi connectivity index (χ0n) is 11.6. The molecule has 0 saturated carbocycles. The second-order valence-corrected chi connectivity index (χ2v) is 8.24. The van der Waals surface area contributed by atoms with Crippen molar-refractivity contribution in [1.82, 2.24) is 0 Å². The van der Waals surface area contributed by atoms with Gasteiger partial charge in [0.2, 0.25) is 10.0 Å². The predicted octanol–water partition coefficient (Wildman–Crippen LogP) is 1.22. The summed E-state index contributed by atoms with van der Waals surface area (Å²) in [6.45, 7) is 0.0732. The van der Waals surface area contributed by atoms with Gasteiger partial charge in [-0.05, 0) is 24.3 Å². The van der Waals surface area contributed by atoms with E-state index in [1.165, 1.54) is 24.3 Å². The number of nitrogens with two attached hydrogens (primary N) is 1. The molecule has 0 heterocycles. The molecule has 0 aliphatic heterocycles. The summed E-state index contributed by atoms with van der Waals surface area (Å²) in [4.78, 5) is 0.170. The predicted molar refractivity (Wildman–Crippen MR) is 84.8 cm³/mol. The number of nitrogens with one attached hydrogen (secondary N) is 1. The van der Waals surface area contributed by atoms with Crippen LogP contribution in [-0.4, -0.2) is 29.1 Å². The van der Waals surface area contributed by atoms with Crippen molar-refractivity contribution in [3.63, 3.8) is 0 Å². The van der Waals surface area contributed by atoms with Crippen molar-refractivity contribution >= 4 is 25.5 Å². The van der Waals surface area contributed by atoms with Gasteiger partial charge >= 0.3 is 0 Å². The Kier molecular flexibility index (Phi) is 4.84. The summed E-state index contributed by atoms with van der Waals surface area (Å²) in [7, 11) is -7.29. The van der Waals surface area contributed by atoms with E-state index in [1.807, 2.05) is 0 Å². The molecule has 2 aromatic rings. The fraction of sp³-hybridized carbons (Fsp3) is 0.143. The Bertz CT molecular complexity index is 847. The highest BCUT2D eigenvalue weighted by atomic mass is 32.2. The lowest BCUT2D eigenvalue weighted by Gasteiger charge is -2.10. The molecule has 0 unspecified atom stereocenters. The van der Waals surface area contributed by atoms with Crippen molar-refractivity contribution in [1.29, 1.82) is 0 Å². The minimum absolute atomic E-state index is 0.0629. The molecule has 22 heavy (non-hydrogen) atoms. The van der Waals surface area contributed by atoms with Crippen molar-refractivity contribution in [2.24, 2.45) is 5.14 Å². The van der Waals surface area contributed by atoms with E-state index in [4.69, 9.17) is 5.14 Å². The molecule has 2 rings (SSSR count). The molecule has 3 N–H and O–H groups in total. The normalized spacial score (nSPS) is 12.0. The standard InChI is InChI=1S/C14H16N2O4S2/c15-22(19,20)14-9-5-4-8-13(14)16-10-11-21(17,18)12-6-2-1-3-7-12/h1-9,16H,10-11H2,(H2,15,19,20). The van der Waals surface area contributed by atoms with Crippen molar-refractivity contribution in [3.8, 4) is 0 Å². The molecule has 0 spiro atoms. The average molecular weight is 340 g/mol.